The molecule has 0 saturated carbocycles. The van der Waals surface area contributed by atoms with Crippen LogP contribution in [0.4, 0.5) is 13.2 Å². The minimum Gasteiger partial charge on any atom is -0.478 e. The summed E-state index contributed by atoms with van der Waals surface area (Å²) in [6.45, 7) is 0. The molecule has 1 N–H and O–H groups in total. The highest BCUT2D eigenvalue weighted by Crippen LogP contribution is 2.23. The number of alkyl halides is 3. The molecule has 0 atom stereocenters. The Morgan fingerprint density at radius 2 is 2.19 bits per heavy atom. The Morgan fingerprint density at radius 1 is 1.50 bits per heavy atom. The predicted molar refractivity (Wildman–Crippen MR) is 48.6 cm³/mol. The average molecular weight is 231 g/mol. The van der Waals surface area contributed by atoms with E-state index >= 15 is 0 Å². The van der Waals surface area contributed by atoms with Gasteiger partial charge in [-0.2, -0.15) is 0 Å². The Bertz CT molecular complexity index is 410. The summed E-state index contributed by atoms with van der Waals surface area (Å²) >= 11 is 0. The van der Waals surface area contributed by atoms with E-state index in [9.17, 15) is 18.0 Å². The smallest absolute Gasteiger partial charge is 0.478 e. The third-order valence-electron chi connectivity index (χ3n) is 1.44. The van der Waals surface area contributed by atoms with Crippen LogP contribution in [0.15, 0.2) is 24.3 Å². The van der Waals surface area contributed by atoms with Gasteiger partial charge in [0.2, 0.25) is 0 Å². The van der Waals surface area contributed by atoms with Gasteiger partial charge in [-0.15, -0.1) is 13.2 Å². The number of ether oxygens (including phenoxy) is 1. The van der Waals surface area contributed by atoms with E-state index in [0.717, 1.165) is 18.2 Å². The van der Waals surface area contributed by atoms with Crippen molar-refractivity contribution in [2.45, 2.75) is 6.36 Å². The Balaban J connectivity index is 2.83. The molecule has 1 rings (SSSR count). The molecule has 0 saturated heterocycles. The van der Waals surface area contributed by atoms with Gasteiger partial charge in [-0.3, -0.25) is 0 Å². The molecule has 0 spiro atoms. The highest BCUT2D eigenvalue weighted by atomic mass is 19.4. The number of carbonyl (C=O) groups is 1. The number of carboxylic acids is 1. The van der Waals surface area contributed by atoms with E-state index in [1.54, 1.807) is 0 Å². The molecule has 85 valence electrons. The van der Waals surface area contributed by atoms with Gasteiger partial charge in [0, 0.05) is 12.1 Å². The van der Waals surface area contributed by atoms with Crippen molar-refractivity contribution in [3.05, 3.63) is 35.9 Å². The first kappa shape index (κ1) is 12.1. The molecule has 0 bridgehead atoms. The molecule has 16 heavy (non-hydrogen) atoms. The van der Waals surface area contributed by atoms with Gasteiger partial charge in [0.05, 0.1) is 0 Å². The van der Waals surface area contributed by atoms with Gasteiger partial charge in [-0.1, -0.05) is 6.07 Å². The highest BCUT2D eigenvalue weighted by molar-refractivity contribution is 5.85. The normalized spacial score (nSPS) is 11.7. The van der Waals surface area contributed by atoms with Crippen LogP contribution in [0, 0.1) is 6.07 Å². The minimum absolute atomic E-state index is 0.278. The average Bonchev–Trinajstić information content (AvgIpc) is 2.12. The topological polar surface area (TPSA) is 46.5 Å². The predicted octanol–water partition coefficient (Wildman–Crippen LogP) is 2.48. The zero-order valence-electron chi connectivity index (χ0n) is 7.78. The maximum Gasteiger partial charge on any atom is 0.573 e. The van der Waals surface area contributed by atoms with Gasteiger partial charge in [-0.05, 0) is 23.8 Å². The lowest BCUT2D eigenvalue weighted by Gasteiger charge is -2.08. The van der Waals surface area contributed by atoms with Gasteiger partial charge in [0.1, 0.15) is 5.75 Å². The maximum atomic E-state index is 11.8. The Labute approximate surface area is 88.8 Å². The lowest BCUT2D eigenvalue weighted by atomic mass is 10.2. The number of aliphatic carboxylic acids is 1. The molecular weight excluding hydrogens is 225 g/mol. The summed E-state index contributed by atoms with van der Waals surface area (Å²) in [4.78, 5) is 10.2. The Hall–Kier alpha value is -1.98. The summed E-state index contributed by atoms with van der Waals surface area (Å²) < 4.78 is 39.1. The van der Waals surface area contributed by atoms with Crippen molar-refractivity contribution in [2.75, 3.05) is 0 Å². The first-order chi connectivity index (χ1) is 7.37. The molecule has 0 heterocycles. The summed E-state index contributed by atoms with van der Waals surface area (Å²) in [5, 5.41) is 8.32. The molecule has 0 unspecified atom stereocenters. The first-order valence-corrected chi connectivity index (χ1v) is 4.05. The zero-order valence-corrected chi connectivity index (χ0v) is 7.78. The third-order valence-corrected chi connectivity index (χ3v) is 1.44. The summed E-state index contributed by atoms with van der Waals surface area (Å²) in [7, 11) is 0. The van der Waals surface area contributed by atoms with Crippen molar-refractivity contribution in [3.63, 3.8) is 0 Å². The van der Waals surface area contributed by atoms with Crippen molar-refractivity contribution >= 4 is 12.0 Å². The monoisotopic (exact) mass is 231 g/mol. The maximum absolute atomic E-state index is 11.8. The van der Waals surface area contributed by atoms with E-state index < -0.39 is 18.1 Å². The molecule has 0 aliphatic heterocycles. The molecule has 1 aromatic rings. The number of hydrogen-bond acceptors (Lipinski definition) is 2. The Morgan fingerprint density at radius 3 is 2.75 bits per heavy atom. The fourth-order valence-electron chi connectivity index (χ4n) is 0.916. The van der Waals surface area contributed by atoms with Crippen molar-refractivity contribution in [2.24, 2.45) is 0 Å². The van der Waals surface area contributed by atoms with Crippen LogP contribution in [0.1, 0.15) is 5.56 Å². The number of rotatable bonds is 3. The van der Waals surface area contributed by atoms with Gasteiger partial charge < -0.3 is 9.84 Å². The summed E-state index contributed by atoms with van der Waals surface area (Å²) in [6.07, 6.45) is -2.82. The van der Waals surface area contributed by atoms with Gasteiger partial charge in [0.25, 0.3) is 0 Å². The van der Waals surface area contributed by atoms with Crippen molar-refractivity contribution in [3.8, 4) is 5.75 Å². The summed E-state index contributed by atoms with van der Waals surface area (Å²) in [5.41, 5.74) is 0.278. The lowest BCUT2D eigenvalue weighted by molar-refractivity contribution is -0.274. The molecule has 0 aromatic heterocycles. The van der Waals surface area contributed by atoms with Crippen LogP contribution >= 0.6 is 0 Å². The zero-order chi connectivity index (χ0) is 12.2. The highest BCUT2D eigenvalue weighted by Gasteiger charge is 2.31. The number of halogens is 3. The second-order valence-corrected chi connectivity index (χ2v) is 2.71. The van der Waals surface area contributed by atoms with Crippen LogP contribution in [-0.2, 0) is 4.79 Å². The van der Waals surface area contributed by atoms with Crippen molar-refractivity contribution in [1.82, 2.24) is 0 Å². The third kappa shape index (κ3) is 4.50. The largest absolute Gasteiger partial charge is 0.573 e. The summed E-state index contributed by atoms with van der Waals surface area (Å²) in [5.74, 6) is -1.70. The van der Waals surface area contributed by atoms with E-state index in [1.807, 2.05) is 0 Å². The van der Waals surface area contributed by atoms with Crippen LogP contribution in [0.2, 0.25) is 0 Å². The molecule has 0 fully saturated rings. The van der Waals surface area contributed by atoms with Crippen LogP contribution in [0.5, 0.6) is 5.75 Å². The molecule has 1 radical (unpaired) electrons. The van der Waals surface area contributed by atoms with E-state index in [4.69, 9.17) is 5.11 Å². The quantitative estimate of drug-likeness (QED) is 0.813. The van der Waals surface area contributed by atoms with Crippen LogP contribution in [-0.4, -0.2) is 17.4 Å². The van der Waals surface area contributed by atoms with E-state index in [2.05, 4.69) is 10.8 Å². The van der Waals surface area contributed by atoms with E-state index in [0.29, 0.717) is 0 Å². The summed E-state index contributed by atoms with van der Waals surface area (Å²) in [6, 6.07) is 5.88. The van der Waals surface area contributed by atoms with E-state index in [1.165, 1.54) is 12.1 Å². The molecule has 0 amide bonds. The second kappa shape index (κ2) is 4.69. The van der Waals surface area contributed by atoms with Gasteiger partial charge in [0.15, 0.2) is 0 Å². The van der Waals surface area contributed by atoms with Crippen LogP contribution in [0.25, 0.3) is 6.08 Å². The standard InChI is InChI=1S/C10H6F3O3/c11-10(12,13)16-8-3-1-2-7(6-8)4-5-9(14)15/h1-2,4-6H,(H,14,15)/b5-4+. The number of benzene rings is 1. The van der Waals surface area contributed by atoms with Gasteiger partial charge in [-0.25, -0.2) is 4.79 Å². The van der Waals surface area contributed by atoms with Gasteiger partial charge >= 0.3 is 12.3 Å². The molecule has 0 aliphatic carbocycles. The van der Waals surface area contributed by atoms with Crippen molar-refractivity contribution in [1.29, 1.82) is 0 Å². The first-order valence-electron chi connectivity index (χ1n) is 4.05. The SMILES string of the molecule is O=C(O)/C=C/c1cc[c]c(OC(F)(F)F)c1. The second-order valence-electron chi connectivity index (χ2n) is 2.71. The van der Waals surface area contributed by atoms with Crippen molar-refractivity contribution < 1.29 is 27.8 Å². The fraction of sp³-hybridized carbons (Fsp3) is 0.100. The minimum atomic E-state index is -4.79. The van der Waals surface area contributed by atoms with E-state index in [-0.39, 0.29) is 5.56 Å². The fourth-order valence-corrected chi connectivity index (χ4v) is 0.916. The molecule has 6 heteroatoms. The Kier molecular flexibility index (Phi) is 3.55. The number of hydrogen-bond donors (Lipinski definition) is 1. The lowest BCUT2D eigenvalue weighted by Crippen LogP contribution is -2.17. The molecule has 3 nitrogen and oxygen atoms in total. The number of carboxylic acid groups (broad SMARTS) is 1. The molecule has 1 aromatic carbocycles. The van der Waals surface area contributed by atoms with Crippen LogP contribution in [0.3, 0.4) is 0 Å². The molecule has 0 aliphatic rings. The molecular formula is C10H6F3O3. The van der Waals surface area contributed by atoms with Crippen LogP contribution < -0.4 is 4.74 Å².